The maximum Gasteiger partial charge on any atom is 0.356 e. The van der Waals surface area contributed by atoms with Crippen LogP contribution < -0.4 is 10.9 Å². The number of H-pyrrole nitrogens is 1. The van der Waals surface area contributed by atoms with Gasteiger partial charge in [-0.2, -0.15) is 5.10 Å². The number of hydrogen-bond acceptors (Lipinski definition) is 4. The maximum absolute atomic E-state index is 12.5. The third-order valence-corrected chi connectivity index (χ3v) is 4.68. The maximum atomic E-state index is 12.5. The predicted molar refractivity (Wildman–Crippen MR) is 112 cm³/mol. The Kier molecular flexibility index (Phi) is 5.13. The number of benzene rings is 2. The lowest BCUT2D eigenvalue weighted by molar-refractivity contribution is -0.116. The Bertz CT molecular complexity index is 1310. The number of para-hydroxylation sites is 3. The molecule has 2 aromatic heterocycles. The molecule has 2 aromatic carbocycles. The lowest BCUT2D eigenvalue weighted by Gasteiger charge is -2.11. The number of anilines is 1. The average molecular weight is 402 g/mol. The molecule has 0 fully saturated rings. The molecule has 0 radical (unpaired) electrons. The topological polar surface area (TPSA) is 117 Å². The molecule has 4 aromatic rings. The molecule has 8 nitrogen and oxygen atoms in total. The number of carbonyl (C=O) groups excluding carboxylic acids is 1. The van der Waals surface area contributed by atoms with E-state index in [-0.39, 0.29) is 23.6 Å². The second-order valence-corrected chi connectivity index (χ2v) is 6.73. The van der Waals surface area contributed by atoms with Crippen LogP contribution in [0.3, 0.4) is 0 Å². The van der Waals surface area contributed by atoms with E-state index in [1.165, 1.54) is 16.9 Å². The fraction of sp³-hybridized carbons (Fsp3) is 0.0909. The molecule has 4 rings (SSSR count). The fourth-order valence-corrected chi connectivity index (χ4v) is 3.19. The van der Waals surface area contributed by atoms with Gasteiger partial charge in [-0.3, -0.25) is 9.59 Å². The summed E-state index contributed by atoms with van der Waals surface area (Å²) in [6, 6.07) is 17.6. The number of rotatable bonds is 6. The van der Waals surface area contributed by atoms with Crippen molar-refractivity contribution >= 4 is 28.5 Å². The Balaban J connectivity index is 1.49. The first-order chi connectivity index (χ1) is 14.5. The number of amides is 1. The van der Waals surface area contributed by atoms with Gasteiger partial charge in [-0.25, -0.2) is 9.48 Å². The molecule has 8 heteroatoms. The van der Waals surface area contributed by atoms with E-state index in [0.717, 1.165) is 10.9 Å². The van der Waals surface area contributed by atoms with Gasteiger partial charge in [-0.15, -0.1) is 0 Å². The summed E-state index contributed by atoms with van der Waals surface area (Å²) in [4.78, 5) is 38.7. The Morgan fingerprint density at radius 3 is 2.63 bits per heavy atom. The van der Waals surface area contributed by atoms with Gasteiger partial charge in [0.05, 0.1) is 11.4 Å². The zero-order chi connectivity index (χ0) is 21.1. The minimum Gasteiger partial charge on any atom is -0.476 e. The molecule has 2 heterocycles. The van der Waals surface area contributed by atoms with Gasteiger partial charge in [0, 0.05) is 23.7 Å². The number of carboxylic acid groups (broad SMARTS) is 1. The normalized spacial score (nSPS) is 10.8. The number of aromatic amines is 1. The molecule has 0 unspecified atom stereocenters. The standard InChI is InChI=1S/C22H18N4O4/c27-20(10-9-15-13-14-5-1-2-6-16(14)24-21(15)28)23-17-7-3-4-8-19(17)26-12-11-18(25-26)22(29)30/h1-8,11-13H,9-10H2,(H,23,27)(H,24,28)(H,29,30). The largest absolute Gasteiger partial charge is 0.476 e. The van der Waals surface area contributed by atoms with Gasteiger partial charge in [-0.05, 0) is 42.1 Å². The number of fused-ring (bicyclic) bond motifs is 1. The SMILES string of the molecule is O=C(CCc1cc2ccccc2[nH]c1=O)Nc1ccccc1-n1ccc(C(=O)O)n1. The van der Waals surface area contributed by atoms with Gasteiger partial charge in [0.2, 0.25) is 5.91 Å². The Morgan fingerprint density at radius 1 is 1.07 bits per heavy atom. The summed E-state index contributed by atoms with van der Waals surface area (Å²) in [6.45, 7) is 0. The number of aromatic carboxylic acids is 1. The summed E-state index contributed by atoms with van der Waals surface area (Å²) in [5.74, 6) is -1.39. The van der Waals surface area contributed by atoms with Crippen molar-refractivity contribution in [3.63, 3.8) is 0 Å². The van der Waals surface area contributed by atoms with E-state index < -0.39 is 5.97 Å². The number of hydrogen-bond donors (Lipinski definition) is 3. The van der Waals surface area contributed by atoms with Crippen LogP contribution in [-0.4, -0.2) is 31.7 Å². The minimum absolute atomic E-state index is 0.0911. The van der Waals surface area contributed by atoms with Gasteiger partial charge in [-0.1, -0.05) is 30.3 Å². The first kappa shape index (κ1) is 19.1. The summed E-state index contributed by atoms with van der Waals surface area (Å²) >= 11 is 0. The van der Waals surface area contributed by atoms with Crippen LogP contribution in [0.5, 0.6) is 0 Å². The van der Waals surface area contributed by atoms with E-state index in [1.807, 2.05) is 24.3 Å². The zero-order valence-electron chi connectivity index (χ0n) is 15.8. The molecule has 0 bridgehead atoms. The number of carboxylic acids is 1. The molecule has 0 aliphatic carbocycles. The third-order valence-electron chi connectivity index (χ3n) is 4.68. The predicted octanol–water partition coefficient (Wildman–Crippen LogP) is 2.98. The van der Waals surface area contributed by atoms with Crippen LogP contribution in [-0.2, 0) is 11.2 Å². The van der Waals surface area contributed by atoms with E-state index in [0.29, 0.717) is 23.4 Å². The van der Waals surface area contributed by atoms with E-state index in [4.69, 9.17) is 5.11 Å². The second-order valence-electron chi connectivity index (χ2n) is 6.73. The van der Waals surface area contributed by atoms with Gasteiger partial charge < -0.3 is 15.4 Å². The smallest absolute Gasteiger partial charge is 0.356 e. The second kappa shape index (κ2) is 8.04. The molecule has 1 amide bonds. The molecule has 150 valence electrons. The van der Waals surface area contributed by atoms with Gasteiger partial charge >= 0.3 is 5.97 Å². The van der Waals surface area contributed by atoms with Crippen molar-refractivity contribution in [2.75, 3.05) is 5.32 Å². The Hall–Kier alpha value is -4.20. The van der Waals surface area contributed by atoms with Crippen molar-refractivity contribution in [3.05, 3.63) is 88.5 Å². The Morgan fingerprint density at radius 2 is 1.83 bits per heavy atom. The molecule has 0 spiro atoms. The van der Waals surface area contributed by atoms with Crippen LogP contribution in [0.25, 0.3) is 16.6 Å². The van der Waals surface area contributed by atoms with Gasteiger partial charge in [0.25, 0.3) is 5.56 Å². The molecule has 0 aliphatic heterocycles. The summed E-state index contributed by atoms with van der Waals surface area (Å²) < 4.78 is 1.40. The van der Waals surface area contributed by atoms with Crippen molar-refractivity contribution in [2.24, 2.45) is 0 Å². The minimum atomic E-state index is -1.13. The molecule has 3 N–H and O–H groups in total. The van der Waals surface area contributed by atoms with Crippen molar-refractivity contribution in [3.8, 4) is 5.69 Å². The molecule has 30 heavy (non-hydrogen) atoms. The first-order valence-electron chi connectivity index (χ1n) is 9.30. The molecule has 0 aliphatic rings. The average Bonchev–Trinajstić information content (AvgIpc) is 3.23. The number of aryl methyl sites for hydroxylation is 1. The molecule has 0 atom stereocenters. The van der Waals surface area contributed by atoms with Gasteiger partial charge in [0.15, 0.2) is 5.69 Å². The zero-order valence-corrected chi connectivity index (χ0v) is 15.8. The summed E-state index contributed by atoms with van der Waals surface area (Å²) in [5, 5.41) is 16.8. The summed E-state index contributed by atoms with van der Waals surface area (Å²) in [6.07, 6.45) is 1.93. The van der Waals surface area contributed by atoms with Crippen molar-refractivity contribution in [2.45, 2.75) is 12.8 Å². The summed E-state index contributed by atoms with van der Waals surface area (Å²) in [7, 11) is 0. The Labute approximate surface area is 170 Å². The number of aromatic nitrogens is 3. The molecular formula is C22H18N4O4. The van der Waals surface area contributed by atoms with E-state index >= 15 is 0 Å². The number of carbonyl (C=O) groups is 2. The van der Waals surface area contributed by atoms with Crippen LogP contribution >= 0.6 is 0 Å². The van der Waals surface area contributed by atoms with Crippen molar-refractivity contribution < 1.29 is 14.7 Å². The first-order valence-corrected chi connectivity index (χ1v) is 9.30. The molecule has 0 saturated heterocycles. The van der Waals surface area contributed by atoms with Crippen molar-refractivity contribution in [1.82, 2.24) is 14.8 Å². The molecule has 0 saturated carbocycles. The summed E-state index contributed by atoms with van der Waals surface area (Å²) in [5.41, 5.74) is 2.03. The van der Waals surface area contributed by atoms with Crippen LogP contribution in [0.1, 0.15) is 22.5 Å². The fourth-order valence-electron chi connectivity index (χ4n) is 3.19. The van der Waals surface area contributed by atoms with Crippen LogP contribution in [0, 0.1) is 0 Å². The van der Waals surface area contributed by atoms with Crippen LogP contribution in [0.2, 0.25) is 0 Å². The van der Waals surface area contributed by atoms with Gasteiger partial charge in [0.1, 0.15) is 0 Å². The van der Waals surface area contributed by atoms with E-state index in [1.54, 1.807) is 30.3 Å². The number of nitrogens with zero attached hydrogens (tertiary/aromatic N) is 2. The lowest BCUT2D eigenvalue weighted by atomic mass is 10.1. The quantitative estimate of drug-likeness (QED) is 0.458. The van der Waals surface area contributed by atoms with Crippen LogP contribution in [0.15, 0.2) is 71.7 Å². The monoisotopic (exact) mass is 402 g/mol. The highest BCUT2D eigenvalue weighted by molar-refractivity contribution is 5.93. The molecular weight excluding hydrogens is 384 g/mol. The number of pyridine rings is 1. The van der Waals surface area contributed by atoms with E-state index in [9.17, 15) is 14.4 Å². The van der Waals surface area contributed by atoms with Crippen LogP contribution in [0.4, 0.5) is 5.69 Å². The lowest BCUT2D eigenvalue weighted by Crippen LogP contribution is -2.18. The third kappa shape index (κ3) is 3.97. The van der Waals surface area contributed by atoms with E-state index in [2.05, 4.69) is 15.4 Å². The van der Waals surface area contributed by atoms with Crippen molar-refractivity contribution in [1.29, 1.82) is 0 Å². The highest BCUT2D eigenvalue weighted by Crippen LogP contribution is 2.20. The highest BCUT2D eigenvalue weighted by atomic mass is 16.4. The number of nitrogens with one attached hydrogen (secondary N) is 2. The highest BCUT2D eigenvalue weighted by Gasteiger charge is 2.13.